The molecule has 0 radical (unpaired) electrons. The molecule has 17 heavy (non-hydrogen) atoms. The highest BCUT2D eigenvalue weighted by molar-refractivity contribution is 8.00. The molecule has 1 fully saturated rings. The summed E-state index contributed by atoms with van der Waals surface area (Å²) in [6.45, 7) is 0.766. The Kier molecular flexibility index (Phi) is 5.20. The molecule has 1 saturated carbocycles. The first kappa shape index (κ1) is 13.3. The Hall–Kier alpha value is -0.180. The van der Waals surface area contributed by atoms with Crippen molar-refractivity contribution in [1.29, 1.82) is 0 Å². The Bertz CT molecular complexity index is 350. The van der Waals surface area contributed by atoms with Crippen LogP contribution in [0.15, 0.2) is 29.2 Å². The van der Waals surface area contributed by atoms with Crippen LogP contribution in [0.2, 0.25) is 5.02 Å². The van der Waals surface area contributed by atoms with Gasteiger partial charge in [0.1, 0.15) is 0 Å². The average Bonchev–Trinajstić information content (AvgIpc) is 2.37. The fourth-order valence-corrected chi connectivity index (χ4v) is 4.08. The van der Waals surface area contributed by atoms with Gasteiger partial charge in [0.25, 0.3) is 0 Å². The molecule has 94 valence electrons. The monoisotopic (exact) mass is 269 g/mol. The van der Waals surface area contributed by atoms with Crippen molar-refractivity contribution in [3.63, 3.8) is 0 Å². The van der Waals surface area contributed by atoms with Crippen molar-refractivity contribution < 1.29 is 0 Å². The molecule has 1 nitrogen and oxygen atoms in total. The number of rotatable bonds is 4. The molecule has 2 rings (SSSR count). The lowest BCUT2D eigenvalue weighted by molar-refractivity contribution is 0.351. The number of halogens is 1. The van der Waals surface area contributed by atoms with E-state index in [1.165, 1.54) is 37.0 Å². The molecule has 0 aromatic heterocycles. The summed E-state index contributed by atoms with van der Waals surface area (Å²) in [6.07, 6.45) is 6.83. The van der Waals surface area contributed by atoms with Gasteiger partial charge in [-0.2, -0.15) is 0 Å². The number of hydrogen-bond donors (Lipinski definition) is 1. The van der Waals surface area contributed by atoms with Gasteiger partial charge in [0.15, 0.2) is 0 Å². The topological polar surface area (TPSA) is 26.0 Å². The normalized spacial score (nSPS) is 19.2. The van der Waals surface area contributed by atoms with E-state index in [1.54, 1.807) is 0 Å². The fraction of sp³-hybridized carbons (Fsp3) is 0.571. The van der Waals surface area contributed by atoms with Crippen molar-refractivity contribution in [2.45, 2.75) is 42.2 Å². The van der Waals surface area contributed by atoms with E-state index in [4.69, 9.17) is 17.3 Å². The maximum absolute atomic E-state index is 6.01. The quantitative estimate of drug-likeness (QED) is 0.823. The molecule has 2 N–H and O–H groups in total. The molecule has 0 aliphatic heterocycles. The van der Waals surface area contributed by atoms with Gasteiger partial charge in [0.05, 0.1) is 0 Å². The first-order chi connectivity index (χ1) is 8.29. The number of hydrogen-bond acceptors (Lipinski definition) is 2. The van der Waals surface area contributed by atoms with Crippen LogP contribution < -0.4 is 5.73 Å². The summed E-state index contributed by atoms with van der Waals surface area (Å²) in [6, 6.07) is 8.10. The molecule has 3 heteroatoms. The molecular formula is C14H20ClNS. The van der Waals surface area contributed by atoms with Crippen LogP contribution in [-0.2, 0) is 0 Å². The maximum atomic E-state index is 6.01. The van der Waals surface area contributed by atoms with Crippen LogP contribution in [0.1, 0.15) is 32.1 Å². The summed E-state index contributed by atoms with van der Waals surface area (Å²) < 4.78 is 0. The van der Waals surface area contributed by atoms with E-state index in [0.717, 1.165) is 17.5 Å². The van der Waals surface area contributed by atoms with E-state index in [0.29, 0.717) is 5.25 Å². The Balaban J connectivity index is 1.98. The van der Waals surface area contributed by atoms with Gasteiger partial charge >= 0.3 is 0 Å². The minimum Gasteiger partial charge on any atom is -0.329 e. The fourth-order valence-electron chi connectivity index (χ4n) is 2.56. The predicted molar refractivity (Wildman–Crippen MR) is 76.7 cm³/mol. The van der Waals surface area contributed by atoms with Crippen LogP contribution in [0.3, 0.4) is 0 Å². The summed E-state index contributed by atoms with van der Waals surface area (Å²) in [4.78, 5) is 1.25. The van der Waals surface area contributed by atoms with Crippen LogP contribution in [0.25, 0.3) is 0 Å². The molecule has 0 saturated heterocycles. The molecule has 1 unspecified atom stereocenters. The zero-order valence-corrected chi connectivity index (χ0v) is 11.6. The van der Waals surface area contributed by atoms with Crippen molar-refractivity contribution >= 4 is 23.4 Å². The van der Waals surface area contributed by atoms with Crippen LogP contribution >= 0.6 is 23.4 Å². The van der Waals surface area contributed by atoms with Gasteiger partial charge in [-0.05, 0) is 37.0 Å². The molecule has 1 atom stereocenters. The first-order valence-corrected chi connectivity index (χ1v) is 7.67. The standard InChI is InChI=1S/C14H20ClNS/c15-12-7-4-8-13(9-12)17-14(10-16)11-5-2-1-3-6-11/h4,7-9,11,14H,1-3,5-6,10,16H2. The van der Waals surface area contributed by atoms with E-state index in [-0.39, 0.29) is 0 Å². The highest BCUT2D eigenvalue weighted by atomic mass is 35.5. The predicted octanol–water partition coefficient (Wildman–Crippen LogP) is 4.34. The van der Waals surface area contributed by atoms with Gasteiger partial charge in [-0.25, -0.2) is 0 Å². The Labute approximate surface area is 113 Å². The summed E-state index contributed by atoms with van der Waals surface area (Å²) in [5.41, 5.74) is 5.94. The number of nitrogens with two attached hydrogens (primary N) is 1. The van der Waals surface area contributed by atoms with Crippen LogP contribution in [0, 0.1) is 5.92 Å². The number of benzene rings is 1. The largest absolute Gasteiger partial charge is 0.329 e. The highest BCUT2D eigenvalue weighted by Crippen LogP contribution is 2.36. The number of thioether (sulfide) groups is 1. The average molecular weight is 270 g/mol. The van der Waals surface area contributed by atoms with E-state index in [2.05, 4.69) is 6.07 Å². The summed E-state index contributed by atoms with van der Waals surface area (Å²) >= 11 is 7.91. The SMILES string of the molecule is NCC(Sc1cccc(Cl)c1)C1CCCCC1. The minimum atomic E-state index is 0.550. The smallest absolute Gasteiger partial charge is 0.0417 e. The van der Waals surface area contributed by atoms with Crippen LogP contribution in [-0.4, -0.2) is 11.8 Å². The van der Waals surface area contributed by atoms with E-state index >= 15 is 0 Å². The lowest BCUT2D eigenvalue weighted by Crippen LogP contribution is -2.27. The third-order valence-corrected chi connectivity index (χ3v) is 5.13. The van der Waals surface area contributed by atoms with Gasteiger partial charge in [-0.1, -0.05) is 36.9 Å². The molecule has 1 aromatic carbocycles. The minimum absolute atomic E-state index is 0.550. The summed E-state index contributed by atoms with van der Waals surface area (Å²) in [7, 11) is 0. The van der Waals surface area contributed by atoms with Gasteiger partial charge in [0.2, 0.25) is 0 Å². The maximum Gasteiger partial charge on any atom is 0.0417 e. The molecule has 0 heterocycles. The molecular weight excluding hydrogens is 250 g/mol. The Morgan fingerprint density at radius 1 is 1.29 bits per heavy atom. The lowest BCUT2D eigenvalue weighted by Gasteiger charge is -2.29. The van der Waals surface area contributed by atoms with E-state index in [1.807, 2.05) is 30.0 Å². The third-order valence-electron chi connectivity index (χ3n) is 3.49. The first-order valence-electron chi connectivity index (χ1n) is 6.42. The van der Waals surface area contributed by atoms with Crippen molar-refractivity contribution in [2.75, 3.05) is 6.54 Å². The van der Waals surface area contributed by atoms with Crippen LogP contribution in [0.5, 0.6) is 0 Å². The second-order valence-electron chi connectivity index (χ2n) is 4.75. The van der Waals surface area contributed by atoms with Gasteiger partial charge in [-0.15, -0.1) is 11.8 Å². The van der Waals surface area contributed by atoms with Crippen molar-refractivity contribution in [3.05, 3.63) is 29.3 Å². The Morgan fingerprint density at radius 3 is 2.71 bits per heavy atom. The van der Waals surface area contributed by atoms with Gasteiger partial charge < -0.3 is 5.73 Å². The third kappa shape index (κ3) is 3.90. The summed E-state index contributed by atoms with van der Waals surface area (Å²) in [5, 5.41) is 1.36. The van der Waals surface area contributed by atoms with Crippen molar-refractivity contribution in [1.82, 2.24) is 0 Å². The van der Waals surface area contributed by atoms with E-state index in [9.17, 15) is 0 Å². The molecule has 0 spiro atoms. The molecule has 0 amide bonds. The van der Waals surface area contributed by atoms with E-state index < -0.39 is 0 Å². The summed E-state index contributed by atoms with van der Waals surface area (Å²) in [5.74, 6) is 0.790. The Morgan fingerprint density at radius 2 is 2.06 bits per heavy atom. The van der Waals surface area contributed by atoms with Crippen molar-refractivity contribution in [3.8, 4) is 0 Å². The van der Waals surface area contributed by atoms with Crippen molar-refractivity contribution in [2.24, 2.45) is 11.7 Å². The highest BCUT2D eigenvalue weighted by Gasteiger charge is 2.23. The molecule has 0 bridgehead atoms. The van der Waals surface area contributed by atoms with Crippen LogP contribution in [0.4, 0.5) is 0 Å². The second kappa shape index (κ2) is 6.67. The van der Waals surface area contributed by atoms with Gasteiger partial charge in [-0.3, -0.25) is 0 Å². The molecule has 1 aromatic rings. The lowest BCUT2D eigenvalue weighted by atomic mass is 9.87. The zero-order chi connectivity index (χ0) is 12.1. The van der Waals surface area contributed by atoms with Gasteiger partial charge in [0, 0.05) is 21.7 Å². The molecule has 1 aliphatic carbocycles. The zero-order valence-electron chi connectivity index (χ0n) is 10.1. The molecule has 1 aliphatic rings. The second-order valence-corrected chi connectivity index (χ2v) is 6.50.